The van der Waals surface area contributed by atoms with E-state index >= 15 is 0 Å². The van der Waals surface area contributed by atoms with Gasteiger partial charge >= 0.3 is 0 Å². The van der Waals surface area contributed by atoms with Crippen molar-refractivity contribution in [3.8, 4) is 0 Å². The first kappa shape index (κ1) is 12.6. The highest BCUT2D eigenvalue weighted by molar-refractivity contribution is 5.93. The van der Waals surface area contributed by atoms with Gasteiger partial charge in [0.15, 0.2) is 0 Å². The first-order chi connectivity index (χ1) is 8.58. The average Bonchev–Trinajstić information content (AvgIpc) is 2.71. The molecule has 0 radical (unpaired) electrons. The zero-order chi connectivity index (χ0) is 13.1. The van der Waals surface area contributed by atoms with Crippen molar-refractivity contribution in [1.29, 1.82) is 0 Å². The number of hydrogen-bond acceptors (Lipinski definition) is 3. The van der Waals surface area contributed by atoms with Crippen molar-refractivity contribution in [3.05, 3.63) is 35.8 Å². The number of nitrogens with one attached hydrogen (secondary N) is 1. The lowest BCUT2D eigenvalue weighted by molar-refractivity contribution is 0.0939. The maximum Gasteiger partial charge on any atom is 0.269 e. The molecule has 2 N–H and O–H groups in total. The van der Waals surface area contributed by atoms with Gasteiger partial charge in [0, 0.05) is 12.7 Å². The number of fused-ring (bicyclic) bond motifs is 1. The van der Waals surface area contributed by atoms with Crippen LogP contribution in [0.25, 0.3) is 5.65 Å². The summed E-state index contributed by atoms with van der Waals surface area (Å²) in [7, 11) is 0. The zero-order valence-electron chi connectivity index (χ0n) is 10.6. The van der Waals surface area contributed by atoms with Crippen LogP contribution >= 0.6 is 0 Å². The van der Waals surface area contributed by atoms with Crippen LogP contribution in [0, 0.1) is 6.92 Å². The van der Waals surface area contributed by atoms with Gasteiger partial charge in [0.05, 0.1) is 12.3 Å². The Morgan fingerprint density at radius 1 is 1.56 bits per heavy atom. The molecule has 0 spiro atoms. The Balaban J connectivity index is 2.15. The minimum Gasteiger partial charge on any atom is -0.393 e. The van der Waals surface area contributed by atoms with Crippen LogP contribution < -0.4 is 5.32 Å². The summed E-state index contributed by atoms with van der Waals surface area (Å²) in [4.78, 5) is 16.1. The number of imidazole rings is 1. The van der Waals surface area contributed by atoms with Gasteiger partial charge in [0.2, 0.25) is 0 Å². The number of aromatic nitrogens is 2. The van der Waals surface area contributed by atoms with Gasteiger partial charge in [-0.25, -0.2) is 4.98 Å². The normalized spacial score (nSPS) is 12.6. The van der Waals surface area contributed by atoms with Crippen molar-refractivity contribution in [2.75, 3.05) is 6.54 Å². The van der Waals surface area contributed by atoms with Crippen LogP contribution in [0.4, 0.5) is 0 Å². The van der Waals surface area contributed by atoms with Crippen LogP contribution in [0.15, 0.2) is 24.5 Å². The number of rotatable bonds is 4. The molecular weight excluding hydrogens is 230 g/mol. The fourth-order valence-electron chi connectivity index (χ4n) is 1.74. The second kappa shape index (κ2) is 5.18. The first-order valence-corrected chi connectivity index (χ1v) is 5.98. The largest absolute Gasteiger partial charge is 0.393 e. The van der Waals surface area contributed by atoms with Crippen LogP contribution in [0.2, 0.25) is 0 Å². The highest BCUT2D eigenvalue weighted by atomic mass is 16.3. The van der Waals surface area contributed by atoms with Gasteiger partial charge in [-0.15, -0.1) is 0 Å². The molecule has 0 aliphatic heterocycles. The van der Waals surface area contributed by atoms with Crippen LogP contribution in [-0.4, -0.2) is 33.0 Å². The van der Waals surface area contributed by atoms with Crippen LogP contribution in [0.1, 0.15) is 29.4 Å². The quantitative estimate of drug-likeness (QED) is 0.851. The van der Waals surface area contributed by atoms with Crippen LogP contribution in [0.5, 0.6) is 0 Å². The Bertz CT molecular complexity index is 560. The van der Waals surface area contributed by atoms with Gasteiger partial charge in [0.25, 0.3) is 5.91 Å². The van der Waals surface area contributed by atoms with E-state index < -0.39 is 6.10 Å². The molecule has 2 aromatic rings. The summed E-state index contributed by atoms with van der Waals surface area (Å²) in [6.45, 7) is 4.12. The molecule has 18 heavy (non-hydrogen) atoms. The smallest absolute Gasteiger partial charge is 0.269 e. The summed E-state index contributed by atoms with van der Waals surface area (Å²) >= 11 is 0. The fourth-order valence-corrected chi connectivity index (χ4v) is 1.74. The van der Waals surface area contributed by atoms with Crippen LogP contribution in [0.3, 0.4) is 0 Å². The number of hydrogen-bond donors (Lipinski definition) is 2. The van der Waals surface area contributed by atoms with Crippen molar-refractivity contribution in [3.63, 3.8) is 0 Å². The minimum atomic E-state index is -0.408. The van der Waals surface area contributed by atoms with Crippen molar-refractivity contribution in [2.24, 2.45) is 0 Å². The Labute approximate surface area is 105 Å². The molecule has 0 aliphatic carbocycles. The minimum absolute atomic E-state index is 0.172. The van der Waals surface area contributed by atoms with E-state index in [1.165, 1.54) is 0 Å². The van der Waals surface area contributed by atoms with Gasteiger partial charge in [-0.05, 0) is 31.9 Å². The monoisotopic (exact) mass is 247 g/mol. The van der Waals surface area contributed by atoms with Gasteiger partial charge in [0.1, 0.15) is 11.3 Å². The van der Waals surface area contributed by atoms with Crippen LogP contribution in [-0.2, 0) is 0 Å². The third-order valence-electron chi connectivity index (χ3n) is 2.73. The third kappa shape index (κ3) is 2.68. The number of aliphatic hydroxyl groups excluding tert-OH is 1. The number of pyridine rings is 1. The maximum atomic E-state index is 12.0. The molecule has 96 valence electrons. The number of aliphatic hydroxyl groups is 1. The van der Waals surface area contributed by atoms with Crippen molar-refractivity contribution in [1.82, 2.24) is 14.7 Å². The summed E-state index contributed by atoms with van der Waals surface area (Å²) in [5.41, 5.74) is 2.33. The Morgan fingerprint density at radius 3 is 3.06 bits per heavy atom. The number of aryl methyl sites for hydroxylation is 1. The Morgan fingerprint density at radius 2 is 2.33 bits per heavy atom. The van der Waals surface area contributed by atoms with Gasteiger partial charge in [-0.2, -0.15) is 0 Å². The van der Waals surface area contributed by atoms with E-state index in [0.29, 0.717) is 18.7 Å². The molecule has 0 bridgehead atoms. The topological polar surface area (TPSA) is 66.6 Å². The lowest BCUT2D eigenvalue weighted by Gasteiger charge is -2.06. The molecule has 1 atom stereocenters. The summed E-state index contributed by atoms with van der Waals surface area (Å²) in [5, 5.41) is 11.9. The fraction of sp³-hybridized carbons (Fsp3) is 0.385. The molecule has 0 aliphatic rings. The Hall–Kier alpha value is -1.88. The Kier molecular flexibility index (Phi) is 3.62. The summed E-state index contributed by atoms with van der Waals surface area (Å²) in [6.07, 6.45) is 3.58. The molecule has 1 unspecified atom stereocenters. The molecule has 2 heterocycles. The van der Waals surface area contributed by atoms with Gasteiger partial charge in [-0.1, -0.05) is 6.07 Å². The highest BCUT2D eigenvalue weighted by Crippen LogP contribution is 2.08. The average molecular weight is 247 g/mol. The molecule has 5 heteroatoms. The molecule has 0 saturated heterocycles. The number of carbonyl (C=O) groups excluding carboxylic acids is 1. The van der Waals surface area contributed by atoms with E-state index in [9.17, 15) is 4.79 Å². The van der Waals surface area contributed by atoms with Crippen molar-refractivity contribution in [2.45, 2.75) is 26.4 Å². The second-order valence-corrected chi connectivity index (χ2v) is 4.47. The molecule has 2 rings (SSSR count). The predicted octanol–water partition coefficient (Wildman–Crippen LogP) is 1.14. The summed E-state index contributed by atoms with van der Waals surface area (Å²) in [6, 6.07) is 3.83. The number of carbonyl (C=O) groups is 1. The van der Waals surface area contributed by atoms with Gasteiger partial charge in [-0.3, -0.25) is 9.20 Å². The van der Waals surface area contributed by atoms with E-state index in [2.05, 4.69) is 10.3 Å². The third-order valence-corrected chi connectivity index (χ3v) is 2.73. The molecule has 1 amide bonds. The molecule has 5 nitrogen and oxygen atoms in total. The van der Waals surface area contributed by atoms with E-state index in [-0.39, 0.29) is 5.91 Å². The molecule has 0 fully saturated rings. The molecule has 0 aromatic carbocycles. The predicted molar refractivity (Wildman–Crippen MR) is 68.6 cm³/mol. The van der Waals surface area contributed by atoms with E-state index in [0.717, 1.165) is 11.2 Å². The zero-order valence-corrected chi connectivity index (χ0v) is 10.6. The first-order valence-electron chi connectivity index (χ1n) is 5.98. The van der Waals surface area contributed by atoms with Crippen molar-refractivity contribution < 1.29 is 9.90 Å². The lowest BCUT2D eigenvalue weighted by atomic mass is 10.3. The number of nitrogens with zero attached hydrogens (tertiary/aromatic N) is 2. The SMILES string of the molecule is Cc1ccc2ncc(C(=O)NCCC(C)O)n2c1. The standard InChI is InChI=1S/C13H17N3O2/c1-9-3-4-12-15-7-11(16(12)8-9)13(18)14-6-5-10(2)17/h3-4,7-8,10,17H,5-6H2,1-2H3,(H,14,18). The highest BCUT2D eigenvalue weighted by Gasteiger charge is 2.11. The summed E-state index contributed by atoms with van der Waals surface area (Å²) in [5.74, 6) is -0.172. The molecule has 2 aromatic heterocycles. The lowest BCUT2D eigenvalue weighted by Crippen LogP contribution is -2.27. The number of amides is 1. The van der Waals surface area contributed by atoms with E-state index in [1.54, 1.807) is 17.5 Å². The molecule has 0 saturated carbocycles. The van der Waals surface area contributed by atoms with E-state index in [4.69, 9.17) is 5.11 Å². The van der Waals surface area contributed by atoms with Gasteiger partial charge < -0.3 is 10.4 Å². The van der Waals surface area contributed by atoms with E-state index in [1.807, 2.05) is 25.3 Å². The van der Waals surface area contributed by atoms with Crippen molar-refractivity contribution >= 4 is 11.6 Å². The maximum absolute atomic E-state index is 12.0. The molecular formula is C13H17N3O2. The summed E-state index contributed by atoms with van der Waals surface area (Å²) < 4.78 is 1.77. The second-order valence-electron chi connectivity index (χ2n) is 4.47.